The van der Waals surface area contributed by atoms with Crippen LogP contribution >= 0.6 is 0 Å². The van der Waals surface area contributed by atoms with Crippen LogP contribution in [0, 0.1) is 5.92 Å². The molecule has 1 N–H and O–H groups in total. The van der Waals surface area contributed by atoms with E-state index >= 15 is 0 Å². The summed E-state index contributed by atoms with van der Waals surface area (Å²) in [4.78, 5) is 4.80. The van der Waals surface area contributed by atoms with Crippen LogP contribution in [0.25, 0.3) is 11.0 Å². The molecule has 4 nitrogen and oxygen atoms in total. The van der Waals surface area contributed by atoms with Crippen LogP contribution in [-0.2, 0) is 7.05 Å². The van der Waals surface area contributed by atoms with Crippen molar-refractivity contribution < 1.29 is 4.74 Å². The van der Waals surface area contributed by atoms with Crippen LogP contribution in [0.2, 0.25) is 0 Å². The van der Waals surface area contributed by atoms with Crippen LogP contribution in [0.1, 0.15) is 18.7 Å². The summed E-state index contributed by atoms with van der Waals surface area (Å²) in [6.45, 7) is 4.39. The van der Waals surface area contributed by atoms with E-state index < -0.39 is 0 Å². The highest BCUT2D eigenvalue weighted by Crippen LogP contribution is 2.30. The molecular weight excluding hydrogens is 226 g/mol. The van der Waals surface area contributed by atoms with Gasteiger partial charge in [-0.3, -0.25) is 0 Å². The van der Waals surface area contributed by atoms with Crippen molar-refractivity contribution in [2.45, 2.75) is 12.8 Å². The molecule has 2 heterocycles. The Morgan fingerprint density at radius 2 is 2.22 bits per heavy atom. The maximum atomic E-state index is 5.26. The summed E-state index contributed by atoms with van der Waals surface area (Å²) in [5, 5.41) is 3.44. The maximum Gasteiger partial charge on any atom is 0.121 e. The minimum Gasteiger partial charge on any atom is -0.497 e. The number of methoxy groups -OCH3 is 1. The van der Waals surface area contributed by atoms with E-state index in [-0.39, 0.29) is 0 Å². The zero-order valence-corrected chi connectivity index (χ0v) is 11.1. The lowest BCUT2D eigenvalue weighted by molar-refractivity contribution is 0.415. The van der Waals surface area contributed by atoms with Gasteiger partial charge in [0.1, 0.15) is 11.6 Å². The lowest BCUT2D eigenvalue weighted by atomic mass is 9.97. The number of nitrogens with one attached hydrogen (secondary N) is 1. The highest BCUT2D eigenvalue weighted by atomic mass is 16.5. The van der Waals surface area contributed by atoms with Crippen LogP contribution in [0.15, 0.2) is 18.2 Å². The largest absolute Gasteiger partial charge is 0.497 e. The fraction of sp³-hybridized carbons (Fsp3) is 0.500. The summed E-state index contributed by atoms with van der Waals surface area (Å²) in [5.41, 5.74) is 2.19. The van der Waals surface area contributed by atoms with E-state index in [4.69, 9.17) is 9.72 Å². The molecule has 0 bridgehead atoms. The second kappa shape index (κ2) is 4.28. The zero-order valence-electron chi connectivity index (χ0n) is 11.1. The van der Waals surface area contributed by atoms with Crippen LogP contribution in [0.4, 0.5) is 0 Å². The average Bonchev–Trinajstić information content (AvgIpc) is 2.93. The number of benzene rings is 1. The molecule has 1 saturated heterocycles. The number of hydrogen-bond donors (Lipinski definition) is 1. The minimum absolute atomic E-state index is 0.508. The molecule has 2 aromatic rings. The van der Waals surface area contributed by atoms with Gasteiger partial charge in [-0.25, -0.2) is 4.98 Å². The van der Waals surface area contributed by atoms with Crippen molar-refractivity contribution in [1.29, 1.82) is 0 Å². The summed E-state index contributed by atoms with van der Waals surface area (Å²) >= 11 is 0. The van der Waals surface area contributed by atoms with Gasteiger partial charge in [0.15, 0.2) is 0 Å². The van der Waals surface area contributed by atoms with E-state index in [1.54, 1.807) is 7.11 Å². The average molecular weight is 245 g/mol. The first-order valence-corrected chi connectivity index (χ1v) is 6.42. The molecule has 2 unspecified atom stereocenters. The molecule has 1 aliphatic heterocycles. The summed E-state index contributed by atoms with van der Waals surface area (Å²) in [6.07, 6.45) is 0. The molecule has 0 amide bonds. The first kappa shape index (κ1) is 11.5. The number of nitrogens with zero attached hydrogens (tertiary/aromatic N) is 2. The third-order valence-corrected chi connectivity index (χ3v) is 3.97. The topological polar surface area (TPSA) is 39.1 Å². The summed E-state index contributed by atoms with van der Waals surface area (Å²) in [6, 6.07) is 6.08. The summed E-state index contributed by atoms with van der Waals surface area (Å²) in [5.74, 6) is 3.19. The quantitative estimate of drug-likeness (QED) is 0.878. The number of rotatable bonds is 2. The molecule has 0 aliphatic carbocycles. The van der Waals surface area contributed by atoms with Crippen LogP contribution in [0.3, 0.4) is 0 Å². The molecule has 2 atom stereocenters. The zero-order chi connectivity index (χ0) is 12.7. The van der Waals surface area contributed by atoms with E-state index in [9.17, 15) is 0 Å². The molecule has 1 aliphatic rings. The second-order valence-corrected chi connectivity index (χ2v) is 5.13. The molecule has 4 heteroatoms. The monoisotopic (exact) mass is 245 g/mol. The van der Waals surface area contributed by atoms with Crippen LogP contribution in [-0.4, -0.2) is 29.8 Å². The number of aromatic nitrogens is 2. The van der Waals surface area contributed by atoms with Crippen molar-refractivity contribution in [2.24, 2.45) is 13.0 Å². The van der Waals surface area contributed by atoms with Crippen molar-refractivity contribution in [3.63, 3.8) is 0 Å². The lowest BCUT2D eigenvalue weighted by Crippen LogP contribution is -2.13. The first-order valence-electron chi connectivity index (χ1n) is 6.42. The van der Waals surface area contributed by atoms with Crippen molar-refractivity contribution in [3.8, 4) is 5.75 Å². The van der Waals surface area contributed by atoms with Gasteiger partial charge in [0.2, 0.25) is 0 Å². The third-order valence-electron chi connectivity index (χ3n) is 3.97. The Bertz CT molecular complexity index is 576. The fourth-order valence-electron chi connectivity index (χ4n) is 2.81. The van der Waals surface area contributed by atoms with Crippen molar-refractivity contribution in [2.75, 3.05) is 20.2 Å². The maximum absolute atomic E-state index is 5.26. The fourth-order valence-corrected chi connectivity index (χ4v) is 2.81. The van der Waals surface area contributed by atoms with Gasteiger partial charge < -0.3 is 14.6 Å². The number of fused-ring (bicyclic) bond motifs is 1. The normalized spacial score (nSPS) is 23.7. The molecule has 1 fully saturated rings. The van der Waals surface area contributed by atoms with Crippen molar-refractivity contribution in [1.82, 2.24) is 14.9 Å². The number of imidazole rings is 1. The lowest BCUT2D eigenvalue weighted by Gasteiger charge is -2.13. The van der Waals surface area contributed by atoms with E-state index in [0.717, 1.165) is 24.4 Å². The molecule has 18 heavy (non-hydrogen) atoms. The second-order valence-electron chi connectivity index (χ2n) is 5.13. The molecule has 96 valence electrons. The molecule has 1 aromatic heterocycles. The van der Waals surface area contributed by atoms with Gasteiger partial charge in [-0.1, -0.05) is 6.92 Å². The van der Waals surface area contributed by atoms with Gasteiger partial charge in [0.25, 0.3) is 0 Å². The number of hydrogen-bond acceptors (Lipinski definition) is 3. The van der Waals surface area contributed by atoms with Gasteiger partial charge >= 0.3 is 0 Å². The number of aryl methyl sites for hydroxylation is 1. The molecule has 1 aromatic carbocycles. The Balaban J connectivity index is 2.10. The third kappa shape index (κ3) is 1.68. The Morgan fingerprint density at radius 3 is 2.89 bits per heavy atom. The van der Waals surface area contributed by atoms with E-state index in [0.29, 0.717) is 11.8 Å². The van der Waals surface area contributed by atoms with Crippen LogP contribution in [0.5, 0.6) is 5.75 Å². The standard InChI is InChI=1S/C14H19N3O/c1-9-7-15-8-11(9)14-16-12-6-10(18-3)4-5-13(12)17(14)2/h4-6,9,11,15H,7-8H2,1-3H3. The predicted molar refractivity (Wildman–Crippen MR) is 72.0 cm³/mol. The smallest absolute Gasteiger partial charge is 0.121 e. The van der Waals surface area contributed by atoms with Gasteiger partial charge in [-0.15, -0.1) is 0 Å². The Labute approximate surface area is 107 Å². The molecular formula is C14H19N3O. The van der Waals surface area contributed by atoms with E-state index in [1.807, 2.05) is 12.1 Å². The molecule has 3 rings (SSSR count). The molecule has 0 saturated carbocycles. The SMILES string of the molecule is COc1ccc2c(c1)nc(C1CNCC1C)n2C. The van der Waals surface area contributed by atoms with Gasteiger partial charge in [-0.05, 0) is 24.6 Å². The highest BCUT2D eigenvalue weighted by molar-refractivity contribution is 5.77. The van der Waals surface area contributed by atoms with Gasteiger partial charge in [0.05, 0.1) is 18.1 Å². The van der Waals surface area contributed by atoms with Crippen molar-refractivity contribution >= 4 is 11.0 Å². The Morgan fingerprint density at radius 1 is 1.39 bits per heavy atom. The van der Waals surface area contributed by atoms with Gasteiger partial charge in [0, 0.05) is 25.6 Å². The number of ether oxygens (including phenoxy) is 1. The van der Waals surface area contributed by atoms with Crippen molar-refractivity contribution in [3.05, 3.63) is 24.0 Å². The Kier molecular flexibility index (Phi) is 2.74. The van der Waals surface area contributed by atoms with E-state index in [2.05, 4.69) is 29.9 Å². The van der Waals surface area contributed by atoms with Crippen LogP contribution < -0.4 is 10.1 Å². The molecule has 0 radical (unpaired) electrons. The van der Waals surface area contributed by atoms with Gasteiger partial charge in [-0.2, -0.15) is 0 Å². The minimum atomic E-state index is 0.508. The Hall–Kier alpha value is -1.55. The first-order chi connectivity index (χ1) is 8.70. The van der Waals surface area contributed by atoms with E-state index in [1.165, 1.54) is 11.3 Å². The molecule has 0 spiro atoms. The summed E-state index contributed by atoms with van der Waals surface area (Å²) in [7, 11) is 3.79. The predicted octanol–water partition coefficient (Wildman–Crippen LogP) is 1.90. The summed E-state index contributed by atoms with van der Waals surface area (Å²) < 4.78 is 7.47. The highest BCUT2D eigenvalue weighted by Gasteiger charge is 2.28.